The lowest BCUT2D eigenvalue weighted by Gasteiger charge is -2.12. The van der Waals surface area contributed by atoms with E-state index in [1.165, 1.54) is 17.6 Å². The Bertz CT molecular complexity index is 1520. The molecule has 15 heteroatoms. The van der Waals surface area contributed by atoms with Gasteiger partial charge in [0.1, 0.15) is 5.69 Å². The van der Waals surface area contributed by atoms with E-state index in [0.29, 0.717) is 23.3 Å². The van der Waals surface area contributed by atoms with Crippen LogP contribution in [-0.2, 0) is 26.0 Å². The molecule has 0 aliphatic heterocycles. The number of aryl methyl sites for hydroxylation is 1. The number of amides is 1. The first-order valence-corrected chi connectivity index (χ1v) is 12.5. The number of sulfone groups is 1. The van der Waals surface area contributed by atoms with E-state index in [4.69, 9.17) is 15.6 Å². The smallest absolute Gasteiger partial charge is 0.475 e. The number of carbonyl (C=O) groups excluding carboxylic acids is 1. The number of nitrogens with one attached hydrogen (secondary N) is 2. The minimum absolute atomic E-state index is 0.0157. The van der Waals surface area contributed by atoms with Gasteiger partial charge in [0.2, 0.25) is 11.9 Å². The molecule has 11 nitrogen and oxygen atoms in total. The second kappa shape index (κ2) is 10.2. The Morgan fingerprint density at radius 1 is 1.27 bits per heavy atom. The van der Waals surface area contributed by atoms with Crippen molar-refractivity contribution in [2.24, 2.45) is 5.92 Å². The molecule has 1 amide bonds. The maximum absolute atomic E-state index is 12.9. The van der Waals surface area contributed by atoms with Crippen molar-refractivity contribution in [1.82, 2.24) is 19.9 Å². The van der Waals surface area contributed by atoms with Crippen LogP contribution in [0.25, 0.3) is 17.0 Å². The van der Waals surface area contributed by atoms with Crippen molar-refractivity contribution in [3.05, 3.63) is 45.9 Å². The zero-order valence-electron chi connectivity index (χ0n) is 19.7. The van der Waals surface area contributed by atoms with Gasteiger partial charge < -0.3 is 21.1 Å². The zero-order chi connectivity index (χ0) is 27.7. The average Bonchev–Trinajstić information content (AvgIpc) is 3.49. The first-order chi connectivity index (χ1) is 17.1. The van der Waals surface area contributed by atoms with Crippen molar-refractivity contribution < 1.29 is 36.3 Å². The fourth-order valence-electron chi connectivity index (χ4n) is 3.41. The summed E-state index contributed by atoms with van der Waals surface area (Å²) in [5.41, 5.74) is 7.65. The normalized spacial score (nSPS) is 13.6. The van der Waals surface area contributed by atoms with Crippen LogP contribution in [-0.4, -0.2) is 51.9 Å². The maximum atomic E-state index is 12.9. The predicted octanol–water partition coefficient (Wildman–Crippen LogP) is 2.06. The van der Waals surface area contributed by atoms with E-state index in [2.05, 4.69) is 15.3 Å². The van der Waals surface area contributed by atoms with Gasteiger partial charge in [-0.05, 0) is 49.4 Å². The molecule has 1 aromatic carbocycles. The summed E-state index contributed by atoms with van der Waals surface area (Å²) in [5.74, 6) is -2.47. The van der Waals surface area contributed by atoms with Gasteiger partial charge in [-0.3, -0.25) is 9.59 Å². The van der Waals surface area contributed by atoms with Crippen LogP contribution < -0.4 is 16.6 Å². The number of nitrogens with two attached hydrogens (primary N) is 1. The van der Waals surface area contributed by atoms with Gasteiger partial charge in [0, 0.05) is 19.2 Å². The summed E-state index contributed by atoms with van der Waals surface area (Å²) in [5, 5.41) is 9.85. The number of alkyl halides is 3. The summed E-state index contributed by atoms with van der Waals surface area (Å²) in [7, 11) is -3.62. The Morgan fingerprint density at radius 3 is 2.43 bits per heavy atom. The number of carboxylic acids is 1. The number of benzene rings is 1. The molecule has 1 aliphatic rings. The predicted molar refractivity (Wildman–Crippen MR) is 127 cm³/mol. The molecule has 5 N–H and O–H groups in total. The molecule has 4 rings (SSSR count). The molecule has 2 aromatic heterocycles. The number of hydrogen-bond acceptors (Lipinski definition) is 7. The van der Waals surface area contributed by atoms with Gasteiger partial charge in [-0.15, -0.1) is 0 Å². The van der Waals surface area contributed by atoms with Gasteiger partial charge in [-0.2, -0.15) is 13.2 Å². The molecule has 1 saturated carbocycles. The molecule has 0 spiro atoms. The minimum atomic E-state index is -5.08. The topological polar surface area (TPSA) is 177 Å². The number of aromatic nitrogens is 3. The highest BCUT2D eigenvalue weighted by Gasteiger charge is 2.38. The molecule has 0 saturated heterocycles. The molecule has 3 aromatic rings. The lowest BCUT2D eigenvalue weighted by molar-refractivity contribution is -0.192. The van der Waals surface area contributed by atoms with Crippen molar-refractivity contribution in [1.29, 1.82) is 0 Å². The highest BCUT2D eigenvalue weighted by Crippen LogP contribution is 2.33. The third kappa shape index (κ3) is 6.67. The third-order valence-corrected chi connectivity index (χ3v) is 7.33. The second-order valence-corrected chi connectivity index (χ2v) is 10.6. The number of H-pyrrole nitrogens is 1. The van der Waals surface area contributed by atoms with Gasteiger partial charge in [-0.25, -0.2) is 22.8 Å². The number of anilines is 1. The Balaban J connectivity index is 0.000000479. The van der Waals surface area contributed by atoms with Gasteiger partial charge >= 0.3 is 12.1 Å². The van der Waals surface area contributed by atoms with Crippen molar-refractivity contribution >= 4 is 38.4 Å². The van der Waals surface area contributed by atoms with Gasteiger partial charge in [0.15, 0.2) is 9.84 Å². The molecule has 0 unspecified atom stereocenters. The fraction of sp³-hybridized carbons (Fsp3) is 0.364. The van der Waals surface area contributed by atoms with E-state index in [9.17, 15) is 31.2 Å². The second-order valence-electron chi connectivity index (χ2n) is 8.55. The summed E-state index contributed by atoms with van der Waals surface area (Å²) in [4.78, 5) is 40.4. The molecule has 200 valence electrons. The average molecular weight is 544 g/mol. The maximum Gasteiger partial charge on any atom is 0.490 e. The standard InChI is InChI=1S/C20H23N5O4S.C2HF3O2/c1-11-7-17(30(28,29)10-13-3-4-13)18(21)19(27)25(11)20-23-15-6-5-14(8-16(15)24-20)9-22-12(2)26;3-2(4,5)1(6)7/h5-8,13H,3-4,9-10,21H2,1-2H3,(H,22,26)(H,23,24);(H,6,7). The SMILES string of the molecule is CC(=O)NCc1ccc2nc(-n3c(C)cc(S(=O)(=O)CC4CC4)c(N)c3=O)[nH]c2c1.O=C(O)C(F)(F)F. The fourth-order valence-corrected chi connectivity index (χ4v) is 5.31. The molecule has 0 radical (unpaired) electrons. The minimum Gasteiger partial charge on any atom is -0.475 e. The molecule has 0 atom stereocenters. The zero-order valence-corrected chi connectivity index (χ0v) is 20.5. The lowest BCUT2D eigenvalue weighted by Crippen LogP contribution is -2.27. The molecular weight excluding hydrogens is 519 g/mol. The number of nitrogen functional groups attached to an aromatic ring is 1. The van der Waals surface area contributed by atoms with Crippen LogP contribution in [0.2, 0.25) is 0 Å². The van der Waals surface area contributed by atoms with Crippen LogP contribution in [0.3, 0.4) is 0 Å². The number of aliphatic carboxylic acids is 1. The van der Waals surface area contributed by atoms with Crippen LogP contribution in [0.15, 0.2) is 34.0 Å². The van der Waals surface area contributed by atoms with Crippen molar-refractivity contribution in [2.45, 2.75) is 44.3 Å². The van der Waals surface area contributed by atoms with E-state index in [-0.39, 0.29) is 34.1 Å². The molecule has 2 heterocycles. The number of fused-ring (bicyclic) bond motifs is 1. The van der Waals surface area contributed by atoms with Crippen molar-refractivity contribution in [3.63, 3.8) is 0 Å². The van der Waals surface area contributed by atoms with E-state index < -0.39 is 27.5 Å². The van der Waals surface area contributed by atoms with E-state index in [0.717, 1.165) is 18.4 Å². The number of nitrogens with zero attached hydrogens (tertiary/aromatic N) is 2. The summed E-state index contributed by atoms with van der Waals surface area (Å²) in [6, 6.07) is 6.88. The number of rotatable bonds is 6. The number of imidazole rings is 1. The summed E-state index contributed by atoms with van der Waals surface area (Å²) >= 11 is 0. The van der Waals surface area contributed by atoms with Crippen molar-refractivity contribution in [2.75, 3.05) is 11.5 Å². The number of carbonyl (C=O) groups is 2. The number of carboxylic acid groups (broad SMARTS) is 1. The van der Waals surface area contributed by atoms with Crippen LogP contribution >= 0.6 is 0 Å². The summed E-state index contributed by atoms with van der Waals surface area (Å²) < 4.78 is 58.3. The first kappa shape index (κ1) is 27.7. The highest BCUT2D eigenvalue weighted by molar-refractivity contribution is 7.91. The van der Waals surface area contributed by atoms with Crippen LogP contribution in [0.4, 0.5) is 18.9 Å². The van der Waals surface area contributed by atoms with Crippen molar-refractivity contribution in [3.8, 4) is 5.95 Å². The Morgan fingerprint density at radius 2 is 1.89 bits per heavy atom. The Hall–Kier alpha value is -3.88. The molecule has 0 bridgehead atoms. The summed E-state index contributed by atoms with van der Waals surface area (Å²) in [6.45, 7) is 3.46. The van der Waals surface area contributed by atoms with E-state index >= 15 is 0 Å². The molecule has 1 aliphatic carbocycles. The first-order valence-electron chi connectivity index (χ1n) is 10.9. The molecule has 1 fully saturated rings. The van der Waals surface area contributed by atoms with Crippen LogP contribution in [0, 0.1) is 12.8 Å². The monoisotopic (exact) mass is 543 g/mol. The lowest BCUT2D eigenvalue weighted by atomic mass is 10.2. The highest BCUT2D eigenvalue weighted by atomic mass is 32.2. The van der Waals surface area contributed by atoms with E-state index in [1.54, 1.807) is 13.0 Å². The number of pyridine rings is 1. The Labute approximate surface area is 208 Å². The third-order valence-electron chi connectivity index (χ3n) is 5.41. The summed E-state index contributed by atoms with van der Waals surface area (Å²) in [6.07, 6.45) is -3.31. The molecule has 37 heavy (non-hydrogen) atoms. The number of halogens is 3. The largest absolute Gasteiger partial charge is 0.490 e. The van der Waals surface area contributed by atoms with Gasteiger partial charge in [0.05, 0.1) is 21.7 Å². The van der Waals surface area contributed by atoms with Crippen LogP contribution in [0.1, 0.15) is 31.0 Å². The Kier molecular flexibility index (Phi) is 7.67. The number of aromatic amines is 1. The van der Waals surface area contributed by atoms with Gasteiger partial charge in [-0.1, -0.05) is 6.07 Å². The number of hydrogen-bond donors (Lipinski definition) is 4. The quantitative estimate of drug-likeness (QED) is 0.365. The van der Waals surface area contributed by atoms with Gasteiger partial charge in [0.25, 0.3) is 5.56 Å². The molecular formula is C22H24F3N5O6S. The van der Waals surface area contributed by atoms with Crippen LogP contribution in [0.5, 0.6) is 0 Å². The van der Waals surface area contributed by atoms with E-state index in [1.807, 2.05) is 12.1 Å².